The number of methoxy groups -OCH3 is 1. The molecule has 0 aliphatic carbocycles. The van der Waals surface area contributed by atoms with Crippen LogP contribution in [0.25, 0.3) is 0 Å². The zero-order chi connectivity index (χ0) is 13.8. The van der Waals surface area contributed by atoms with Gasteiger partial charge in [0.05, 0.1) is 7.11 Å². The van der Waals surface area contributed by atoms with Crippen LogP contribution < -0.4 is 4.74 Å². The van der Waals surface area contributed by atoms with E-state index in [1.54, 1.807) is 26.3 Å². The Hall–Kier alpha value is -2.23. The van der Waals surface area contributed by atoms with Gasteiger partial charge >= 0.3 is 0 Å². The molecule has 2 rings (SSSR count). The van der Waals surface area contributed by atoms with Crippen LogP contribution in [0.4, 0.5) is 0 Å². The highest BCUT2D eigenvalue weighted by atomic mass is 16.5. The molecule has 98 valence electrons. The number of hydrogen-bond donors (Lipinski definition) is 0. The predicted molar refractivity (Wildman–Crippen MR) is 72.5 cm³/mol. The molecule has 19 heavy (non-hydrogen) atoms. The molecule has 0 saturated carbocycles. The summed E-state index contributed by atoms with van der Waals surface area (Å²) in [6.07, 6.45) is 1.88. The number of Topliss-reactive ketones (excluding diaryl/α,β-unsaturated/α-hetero) is 1. The number of aryl methyl sites for hydroxylation is 2. The van der Waals surface area contributed by atoms with Gasteiger partial charge in [0.1, 0.15) is 17.3 Å². The average molecular weight is 256 g/mol. The molecule has 1 heterocycles. The van der Waals surface area contributed by atoms with Crippen LogP contribution in [0.15, 0.2) is 30.5 Å². The second-order valence-electron chi connectivity index (χ2n) is 4.40. The highest BCUT2D eigenvalue weighted by Crippen LogP contribution is 2.21. The van der Waals surface area contributed by atoms with Crippen molar-refractivity contribution in [1.82, 2.24) is 9.97 Å². The van der Waals surface area contributed by atoms with Gasteiger partial charge in [-0.05, 0) is 26.0 Å². The molecule has 0 radical (unpaired) electrons. The van der Waals surface area contributed by atoms with Crippen LogP contribution in [0, 0.1) is 13.8 Å². The molecule has 0 bridgehead atoms. The van der Waals surface area contributed by atoms with Crippen molar-refractivity contribution in [2.24, 2.45) is 0 Å². The highest BCUT2D eigenvalue weighted by molar-refractivity contribution is 5.96. The van der Waals surface area contributed by atoms with E-state index in [1.165, 1.54) is 0 Å². The minimum Gasteiger partial charge on any atom is -0.496 e. The lowest BCUT2D eigenvalue weighted by Gasteiger charge is -2.08. The summed E-state index contributed by atoms with van der Waals surface area (Å²) in [5.41, 5.74) is 2.42. The van der Waals surface area contributed by atoms with Gasteiger partial charge in [-0.3, -0.25) is 4.79 Å². The summed E-state index contributed by atoms with van der Waals surface area (Å²) >= 11 is 0. The molecule has 0 atom stereocenters. The lowest BCUT2D eigenvalue weighted by Crippen LogP contribution is -2.08. The number of hydrogen-bond acceptors (Lipinski definition) is 4. The minimum absolute atomic E-state index is 0.0330. The largest absolute Gasteiger partial charge is 0.496 e. The van der Waals surface area contributed by atoms with Gasteiger partial charge in [0.2, 0.25) is 0 Å². The first-order chi connectivity index (χ1) is 9.10. The van der Waals surface area contributed by atoms with E-state index in [9.17, 15) is 4.79 Å². The molecule has 1 aromatic heterocycles. The van der Waals surface area contributed by atoms with E-state index in [0.29, 0.717) is 11.5 Å². The molecule has 0 amide bonds. The Balaban J connectivity index is 2.26. The Labute approximate surface area is 112 Å². The Morgan fingerprint density at radius 3 is 2.74 bits per heavy atom. The van der Waals surface area contributed by atoms with Crippen molar-refractivity contribution in [2.75, 3.05) is 7.11 Å². The van der Waals surface area contributed by atoms with Crippen LogP contribution in [-0.4, -0.2) is 22.9 Å². The molecule has 4 nitrogen and oxygen atoms in total. The number of ether oxygens (including phenoxy) is 1. The third kappa shape index (κ3) is 3.16. The molecule has 0 aliphatic heterocycles. The third-order valence-corrected chi connectivity index (χ3v) is 2.85. The third-order valence-electron chi connectivity index (χ3n) is 2.85. The number of nitrogens with zero attached hydrogens (tertiary/aromatic N) is 2. The summed E-state index contributed by atoms with van der Waals surface area (Å²) in [5, 5.41) is 0. The van der Waals surface area contributed by atoms with E-state index < -0.39 is 0 Å². The van der Waals surface area contributed by atoms with Gasteiger partial charge in [-0.2, -0.15) is 0 Å². The Morgan fingerprint density at radius 1 is 1.26 bits per heavy atom. The molecular weight excluding hydrogens is 240 g/mol. The van der Waals surface area contributed by atoms with Crippen LogP contribution in [-0.2, 0) is 6.42 Å². The molecule has 0 aliphatic rings. The van der Waals surface area contributed by atoms with Crippen molar-refractivity contribution in [2.45, 2.75) is 20.3 Å². The SMILES string of the molecule is COc1ccc(C)cc1CC(=O)c1ccnc(C)n1. The van der Waals surface area contributed by atoms with Crippen LogP contribution in [0.5, 0.6) is 5.75 Å². The first kappa shape index (κ1) is 13.2. The summed E-state index contributed by atoms with van der Waals surface area (Å²) in [5.74, 6) is 1.29. The van der Waals surface area contributed by atoms with E-state index in [-0.39, 0.29) is 12.2 Å². The molecule has 0 spiro atoms. The quantitative estimate of drug-likeness (QED) is 0.789. The fraction of sp³-hybridized carbons (Fsp3) is 0.267. The van der Waals surface area contributed by atoms with Crippen molar-refractivity contribution in [3.8, 4) is 5.75 Å². The van der Waals surface area contributed by atoms with E-state index in [0.717, 1.165) is 16.9 Å². The van der Waals surface area contributed by atoms with E-state index in [4.69, 9.17) is 4.74 Å². The van der Waals surface area contributed by atoms with Crippen LogP contribution in [0.1, 0.15) is 27.4 Å². The maximum atomic E-state index is 12.2. The molecule has 0 fully saturated rings. The second kappa shape index (κ2) is 5.61. The van der Waals surface area contributed by atoms with Gasteiger partial charge in [0.25, 0.3) is 0 Å². The fourth-order valence-corrected chi connectivity index (χ4v) is 1.92. The number of ketones is 1. The summed E-state index contributed by atoms with van der Waals surface area (Å²) < 4.78 is 5.28. The van der Waals surface area contributed by atoms with Gasteiger partial charge in [-0.25, -0.2) is 9.97 Å². The smallest absolute Gasteiger partial charge is 0.185 e. The second-order valence-corrected chi connectivity index (χ2v) is 4.40. The normalized spacial score (nSPS) is 10.3. The first-order valence-electron chi connectivity index (χ1n) is 6.06. The van der Waals surface area contributed by atoms with Crippen molar-refractivity contribution in [3.63, 3.8) is 0 Å². The Bertz CT molecular complexity index is 609. The maximum Gasteiger partial charge on any atom is 0.185 e. The lowest BCUT2D eigenvalue weighted by molar-refractivity contribution is 0.0987. The predicted octanol–water partition coefficient (Wildman–Crippen LogP) is 2.53. The number of carbonyl (C=O) groups excluding carboxylic acids is 1. The number of carbonyl (C=O) groups is 1. The average Bonchev–Trinajstić information content (AvgIpc) is 2.39. The monoisotopic (exact) mass is 256 g/mol. The van der Waals surface area contributed by atoms with Gasteiger partial charge in [0, 0.05) is 18.2 Å². The number of benzene rings is 1. The molecule has 2 aromatic rings. The van der Waals surface area contributed by atoms with Gasteiger partial charge in [-0.1, -0.05) is 17.7 Å². The van der Waals surface area contributed by atoms with E-state index in [2.05, 4.69) is 9.97 Å². The lowest BCUT2D eigenvalue weighted by atomic mass is 10.0. The van der Waals surface area contributed by atoms with E-state index >= 15 is 0 Å². The topological polar surface area (TPSA) is 52.1 Å². The molecule has 0 saturated heterocycles. The standard InChI is InChI=1S/C15H16N2O2/c1-10-4-5-15(19-3)12(8-10)9-14(18)13-6-7-16-11(2)17-13/h4-8H,9H2,1-3H3. The summed E-state index contributed by atoms with van der Waals surface area (Å²) in [6.45, 7) is 3.76. The first-order valence-corrected chi connectivity index (χ1v) is 6.06. The highest BCUT2D eigenvalue weighted by Gasteiger charge is 2.12. The Kier molecular flexibility index (Phi) is 3.90. The van der Waals surface area contributed by atoms with Crippen molar-refractivity contribution in [1.29, 1.82) is 0 Å². The molecule has 0 N–H and O–H groups in total. The number of rotatable bonds is 4. The van der Waals surface area contributed by atoms with Crippen LogP contribution in [0.2, 0.25) is 0 Å². The summed E-state index contributed by atoms with van der Waals surface area (Å²) in [7, 11) is 1.60. The molecule has 4 heteroatoms. The maximum absolute atomic E-state index is 12.2. The van der Waals surface area contributed by atoms with Crippen LogP contribution in [0.3, 0.4) is 0 Å². The summed E-state index contributed by atoms with van der Waals surface area (Å²) in [4.78, 5) is 20.3. The van der Waals surface area contributed by atoms with Crippen molar-refractivity contribution >= 4 is 5.78 Å². The van der Waals surface area contributed by atoms with Crippen LogP contribution >= 0.6 is 0 Å². The van der Waals surface area contributed by atoms with Gasteiger partial charge < -0.3 is 4.74 Å². The fourth-order valence-electron chi connectivity index (χ4n) is 1.92. The van der Waals surface area contributed by atoms with E-state index in [1.807, 2.05) is 25.1 Å². The molecular formula is C15H16N2O2. The molecule has 0 unspecified atom stereocenters. The Morgan fingerprint density at radius 2 is 2.05 bits per heavy atom. The number of aromatic nitrogens is 2. The summed E-state index contributed by atoms with van der Waals surface area (Å²) in [6, 6.07) is 7.44. The van der Waals surface area contributed by atoms with Crippen molar-refractivity contribution < 1.29 is 9.53 Å². The zero-order valence-electron chi connectivity index (χ0n) is 11.3. The molecule has 1 aromatic carbocycles. The van der Waals surface area contributed by atoms with Gasteiger partial charge in [0.15, 0.2) is 5.78 Å². The van der Waals surface area contributed by atoms with Crippen molar-refractivity contribution in [3.05, 3.63) is 53.1 Å². The zero-order valence-corrected chi connectivity index (χ0v) is 11.3. The van der Waals surface area contributed by atoms with Gasteiger partial charge in [-0.15, -0.1) is 0 Å². The minimum atomic E-state index is -0.0330.